The van der Waals surface area contributed by atoms with E-state index in [1.54, 1.807) is 7.11 Å². The summed E-state index contributed by atoms with van der Waals surface area (Å²) in [5, 5.41) is 9.70. The van der Waals surface area contributed by atoms with Crippen LogP contribution in [0.4, 0.5) is 0 Å². The second-order valence-corrected chi connectivity index (χ2v) is 14.9. The van der Waals surface area contributed by atoms with Crippen molar-refractivity contribution in [2.24, 2.45) is 16.7 Å². The smallest absolute Gasteiger partial charge is 0.323 e. The van der Waals surface area contributed by atoms with Crippen LogP contribution in [0, 0.1) is 16.7 Å². The van der Waals surface area contributed by atoms with Gasteiger partial charge in [-0.1, -0.05) is 11.6 Å². The highest BCUT2D eigenvalue weighted by molar-refractivity contribution is 5.87. The Kier molecular flexibility index (Phi) is 8.93. The molecule has 3 aliphatic heterocycles. The molecular formula is C34H53N3O7. The highest BCUT2D eigenvalue weighted by atomic mass is 16.6. The van der Waals surface area contributed by atoms with Crippen molar-refractivity contribution >= 4 is 17.8 Å². The summed E-state index contributed by atoms with van der Waals surface area (Å²) >= 11 is 0. The molecule has 10 nitrogen and oxygen atoms in total. The number of rotatable bonds is 12. The van der Waals surface area contributed by atoms with E-state index in [4.69, 9.17) is 18.9 Å². The Morgan fingerprint density at radius 3 is 2.27 bits per heavy atom. The van der Waals surface area contributed by atoms with Crippen LogP contribution in [-0.2, 0) is 33.3 Å². The highest BCUT2D eigenvalue weighted by Crippen LogP contribution is 2.60. The van der Waals surface area contributed by atoms with Crippen molar-refractivity contribution in [1.29, 1.82) is 0 Å². The lowest BCUT2D eigenvalue weighted by molar-refractivity contribution is -0.153. The first kappa shape index (κ1) is 32.0. The van der Waals surface area contributed by atoms with Gasteiger partial charge in [-0.25, -0.2) is 0 Å². The maximum atomic E-state index is 14.0. The molecule has 3 heterocycles. The molecule has 3 saturated heterocycles. The van der Waals surface area contributed by atoms with E-state index in [0.717, 1.165) is 83.8 Å². The Hall–Kier alpha value is -2.01. The Morgan fingerprint density at radius 2 is 1.68 bits per heavy atom. The predicted molar refractivity (Wildman–Crippen MR) is 164 cm³/mol. The maximum Gasteiger partial charge on any atom is 0.323 e. The van der Waals surface area contributed by atoms with Gasteiger partial charge in [-0.3, -0.25) is 14.4 Å². The molecule has 1 unspecified atom stereocenters. The van der Waals surface area contributed by atoms with E-state index in [1.165, 1.54) is 5.57 Å². The molecule has 7 aliphatic rings. The average molecular weight is 616 g/mol. The van der Waals surface area contributed by atoms with Gasteiger partial charge in [0.15, 0.2) is 0 Å². The molecule has 3 N–H and O–H groups in total. The minimum Gasteiger partial charge on any atom is -0.464 e. The Bertz CT molecular complexity index is 1120. The van der Waals surface area contributed by atoms with Gasteiger partial charge in [-0.05, 0) is 104 Å². The third-order valence-electron chi connectivity index (χ3n) is 12.0. The van der Waals surface area contributed by atoms with E-state index >= 15 is 0 Å². The zero-order chi connectivity index (χ0) is 31.2. The summed E-state index contributed by atoms with van der Waals surface area (Å²) in [7, 11) is 1.75. The molecule has 1 spiro atoms. The molecule has 0 aromatic rings. The average Bonchev–Trinajstić information content (AvgIpc) is 3.86. The van der Waals surface area contributed by atoms with Crippen molar-refractivity contribution in [2.45, 2.75) is 133 Å². The van der Waals surface area contributed by atoms with E-state index < -0.39 is 10.8 Å². The zero-order valence-corrected chi connectivity index (χ0v) is 27.1. The Labute approximate surface area is 262 Å². The van der Waals surface area contributed by atoms with Crippen LogP contribution in [-0.4, -0.2) is 86.7 Å². The van der Waals surface area contributed by atoms with Crippen molar-refractivity contribution in [3.63, 3.8) is 0 Å². The molecular weight excluding hydrogens is 562 g/mol. The SMILES string of the molecule is CO[C@@H]1[C@H](NC(=O)C23CCC(C(=O)NCCCOC(=O)C4CCCN4)(CC2)CC3)CC[C@]2(CO2)[C@H]1[C@]1(C)O[C@@H]1CC=C(C)C. The summed E-state index contributed by atoms with van der Waals surface area (Å²) in [6, 6.07) is -0.281. The zero-order valence-electron chi connectivity index (χ0n) is 27.1. The van der Waals surface area contributed by atoms with Gasteiger partial charge in [0.1, 0.15) is 11.6 Å². The second kappa shape index (κ2) is 12.3. The number of hydrogen-bond donors (Lipinski definition) is 3. The second-order valence-electron chi connectivity index (χ2n) is 14.9. The van der Waals surface area contributed by atoms with Crippen molar-refractivity contribution in [3.05, 3.63) is 11.6 Å². The summed E-state index contributed by atoms with van der Waals surface area (Å²) in [5.74, 6) is 0.0659. The minimum atomic E-state index is -0.421. The lowest BCUT2D eigenvalue weighted by Gasteiger charge is -2.52. The van der Waals surface area contributed by atoms with Gasteiger partial charge in [0, 0.05) is 30.4 Å². The minimum absolute atomic E-state index is 0.0593. The van der Waals surface area contributed by atoms with Crippen LogP contribution in [0.3, 0.4) is 0 Å². The van der Waals surface area contributed by atoms with Gasteiger partial charge in [0.2, 0.25) is 11.8 Å². The van der Waals surface area contributed by atoms with Crippen LogP contribution in [0.5, 0.6) is 0 Å². The lowest BCUT2D eigenvalue weighted by Crippen LogP contribution is -2.62. The fourth-order valence-electron chi connectivity index (χ4n) is 8.95. The van der Waals surface area contributed by atoms with Crippen LogP contribution in [0.1, 0.15) is 97.8 Å². The van der Waals surface area contributed by atoms with Gasteiger partial charge in [0.05, 0.1) is 37.1 Å². The van der Waals surface area contributed by atoms with E-state index in [-0.39, 0.29) is 59.2 Å². The molecule has 0 aromatic carbocycles. The molecule has 0 radical (unpaired) electrons. The number of ether oxygens (including phenoxy) is 4. The standard InChI is InChI=1S/C34H53N3O7/c1-22(2)8-9-25-31(3,44-25)27-26(41-4)23(10-11-34(27)21-43-34)37-30(40)33-15-12-32(13-16-33,14-17-33)29(39)36-19-6-20-42-28(38)24-7-5-18-35-24/h8,23-27,35H,5-7,9-21H2,1-4H3,(H,36,39)(H,37,40)/t23-,24?,25-,26-,27-,31-,32?,33?,34+/m1/s1. The van der Waals surface area contributed by atoms with Gasteiger partial charge in [-0.2, -0.15) is 0 Å². The normalized spacial score (nSPS) is 42.0. The van der Waals surface area contributed by atoms with Crippen molar-refractivity contribution in [1.82, 2.24) is 16.0 Å². The quantitative estimate of drug-likeness (QED) is 0.132. The van der Waals surface area contributed by atoms with E-state index in [9.17, 15) is 14.4 Å². The summed E-state index contributed by atoms with van der Waals surface area (Å²) in [6.07, 6.45) is 11.6. The lowest BCUT2D eigenvalue weighted by atomic mass is 9.53. The first-order valence-corrected chi connectivity index (χ1v) is 17.0. The molecule has 10 heteroatoms. The Morgan fingerprint density at radius 1 is 1.00 bits per heavy atom. The number of nitrogens with one attached hydrogen (secondary N) is 3. The van der Waals surface area contributed by atoms with E-state index in [2.05, 4.69) is 42.8 Å². The van der Waals surface area contributed by atoms with Crippen molar-refractivity contribution in [3.8, 4) is 0 Å². The maximum absolute atomic E-state index is 14.0. The van der Waals surface area contributed by atoms with Crippen LogP contribution < -0.4 is 16.0 Å². The number of fused-ring (bicyclic) bond motifs is 3. The number of esters is 1. The van der Waals surface area contributed by atoms with Crippen molar-refractivity contribution in [2.75, 3.05) is 33.4 Å². The van der Waals surface area contributed by atoms with Gasteiger partial charge in [0.25, 0.3) is 0 Å². The number of methoxy groups -OCH3 is 1. The van der Waals surface area contributed by atoms with Gasteiger partial charge < -0.3 is 34.9 Å². The van der Waals surface area contributed by atoms with Crippen LogP contribution in [0.15, 0.2) is 11.6 Å². The number of carbonyl (C=O) groups is 3. The molecule has 44 heavy (non-hydrogen) atoms. The fraction of sp³-hybridized carbons (Fsp3) is 0.853. The number of carbonyl (C=O) groups excluding carboxylic acids is 3. The fourth-order valence-corrected chi connectivity index (χ4v) is 8.95. The van der Waals surface area contributed by atoms with Gasteiger partial charge >= 0.3 is 5.97 Å². The number of allylic oxidation sites excluding steroid dienone is 1. The van der Waals surface area contributed by atoms with E-state index in [1.807, 2.05) is 0 Å². The molecule has 2 bridgehead atoms. The largest absolute Gasteiger partial charge is 0.464 e. The topological polar surface area (TPSA) is 131 Å². The van der Waals surface area contributed by atoms with Crippen LogP contribution in [0.25, 0.3) is 0 Å². The molecule has 246 valence electrons. The number of hydrogen-bond acceptors (Lipinski definition) is 8. The molecule has 0 aromatic heterocycles. The third-order valence-corrected chi connectivity index (χ3v) is 12.0. The predicted octanol–water partition coefficient (Wildman–Crippen LogP) is 3.32. The third kappa shape index (κ3) is 5.96. The molecule has 4 aliphatic carbocycles. The number of amides is 2. The van der Waals surface area contributed by atoms with Crippen LogP contribution >= 0.6 is 0 Å². The van der Waals surface area contributed by atoms with Crippen LogP contribution in [0.2, 0.25) is 0 Å². The molecule has 7 rings (SSSR count). The first-order chi connectivity index (χ1) is 21.1. The summed E-state index contributed by atoms with van der Waals surface area (Å²) in [4.78, 5) is 39.3. The summed E-state index contributed by atoms with van der Waals surface area (Å²) < 4.78 is 24.0. The molecule has 4 saturated carbocycles. The number of epoxide rings is 2. The first-order valence-electron chi connectivity index (χ1n) is 17.0. The molecule has 7 atom stereocenters. The summed E-state index contributed by atoms with van der Waals surface area (Å²) in [6.45, 7) is 8.79. The van der Waals surface area contributed by atoms with Crippen molar-refractivity contribution < 1.29 is 33.3 Å². The highest BCUT2D eigenvalue weighted by Gasteiger charge is 2.72. The molecule has 7 fully saturated rings. The van der Waals surface area contributed by atoms with E-state index in [0.29, 0.717) is 19.6 Å². The summed E-state index contributed by atoms with van der Waals surface area (Å²) in [5.41, 5.74) is -0.0806. The molecule has 2 amide bonds. The van der Waals surface area contributed by atoms with Gasteiger partial charge in [-0.15, -0.1) is 0 Å². The Balaban J connectivity index is 0.998. The monoisotopic (exact) mass is 615 g/mol.